The number of aromatic amines is 1. The maximum atomic E-state index is 11.7. The monoisotopic (exact) mass is 310 g/mol. The summed E-state index contributed by atoms with van der Waals surface area (Å²) in [5.74, 6) is -1.36. The van der Waals surface area contributed by atoms with Crippen LogP contribution in [0.4, 0.5) is 0 Å². The molecule has 0 fully saturated rings. The Morgan fingerprint density at radius 1 is 1.29 bits per heavy atom. The lowest BCUT2D eigenvalue weighted by atomic mass is 10.2. The number of nitrogens with one attached hydrogen (secondary N) is 1. The number of ether oxygens (including phenoxy) is 1. The summed E-state index contributed by atoms with van der Waals surface area (Å²) in [5, 5.41) is 14.6. The SMILES string of the molecule is CS(=O)(=O)c1cc(C(=O)O)ccc1Oc1ccc(=O)[nH]n1. The molecule has 0 radical (unpaired) electrons. The molecule has 0 atom stereocenters. The number of carboxylic acid groups (broad SMARTS) is 1. The van der Waals surface area contributed by atoms with Gasteiger partial charge in [0.2, 0.25) is 5.88 Å². The molecular weight excluding hydrogens is 300 g/mol. The number of rotatable bonds is 4. The first-order chi connectivity index (χ1) is 9.77. The summed E-state index contributed by atoms with van der Waals surface area (Å²) in [5.41, 5.74) is -0.621. The molecule has 0 saturated heterocycles. The largest absolute Gasteiger partial charge is 0.478 e. The minimum absolute atomic E-state index is 0.0254. The number of aromatic carboxylic acids is 1. The smallest absolute Gasteiger partial charge is 0.335 e. The number of H-pyrrole nitrogens is 1. The van der Waals surface area contributed by atoms with Crippen molar-refractivity contribution in [3.63, 3.8) is 0 Å². The molecule has 0 unspecified atom stereocenters. The van der Waals surface area contributed by atoms with Crippen molar-refractivity contribution in [3.05, 3.63) is 46.2 Å². The molecule has 110 valence electrons. The van der Waals surface area contributed by atoms with E-state index in [1.165, 1.54) is 18.2 Å². The topological polar surface area (TPSA) is 126 Å². The molecule has 9 heteroatoms. The van der Waals surface area contributed by atoms with Crippen molar-refractivity contribution in [3.8, 4) is 11.6 Å². The normalized spacial score (nSPS) is 11.1. The van der Waals surface area contributed by atoms with Gasteiger partial charge in [0.25, 0.3) is 5.56 Å². The maximum absolute atomic E-state index is 11.7. The molecule has 0 aliphatic carbocycles. The third kappa shape index (κ3) is 3.45. The molecule has 2 aromatic rings. The maximum Gasteiger partial charge on any atom is 0.335 e. The van der Waals surface area contributed by atoms with Crippen LogP contribution in [0.25, 0.3) is 0 Å². The summed E-state index contributed by atoms with van der Waals surface area (Å²) < 4.78 is 28.7. The lowest BCUT2D eigenvalue weighted by Gasteiger charge is -2.09. The summed E-state index contributed by atoms with van der Waals surface area (Å²) in [6, 6.07) is 5.84. The molecule has 21 heavy (non-hydrogen) atoms. The van der Waals surface area contributed by atoms with Crippen LogP contribution in [0.15, 0.2) is 40.0 Å². The fourth-order valence-electron chi connectivity index (χ4n) is 1.52. The first kappa shape index (κ1) is 14.7. The van der Waals surface area contributed by atoms with Crippen LogP contribution < -0.4 is 10.3 Å². The lowest BCUT2D eigenvalue weighted by molar-refractivity contribution is 0.0696. The molecule has 2 rings (SSSR count). The zero-order valence-electron chi connectivity index (χ0n) is 10.7. The first-order valence-corrected chi connectivity index (χ1v) is 7.47. The lowest BCUT2D eigenvalue weighted by Crippen LogP contribution is -2.07. The Bertz CT molecular complexity index is 836. The van der Waals surface area contributed by atoms with Gasteiger partial charge in [-0.1, -0.05) is 0 Å². The third-order valence-electron chi connectivity index (χ3n) is 2.46. The number of hydrogen-bond acceptors (Lipinski definition) is 6. The van der Waals surface area contributed by atoms with Gasteiger partial charge >= 0.3 is 5.97 Å². The second kappa shape index (κ2) is 5.37. The Labute approximate surface area is 118 Å². The number of carboxylic acids is 1. The van der Waals surface area contributed by atoms with Crippen LogP contribution in [0.1, 0.15) is 10.4 Å². The van der Waals surface area contributed by atoms with E-state index in [1.807, 2.05) is 0 Å². The van der Waals surface area contributed by atoms with Crippen molar-refractivity contribution < 1.29 is 23.1 Å². The van der Waals surface area contributed by atoms with Gasteiger partial charge in [0.05, 0.1) is 5.56 Å². The van der Waals surface area contributed by atoms with Gasteiger partial charge in [-0.15, -0.1) is 5.10 Å². The molecule has 0 bridgehead atoms. The molecular formula is C12H10N2O6S. The minimum atomic E-state index is -3.71. The summed E-state index contributed by atoms with van der Waals surface area (Å²) in [4.78, 5) is 21.5. The fraction of sp³-hybridized carbons (Fsp3) is 0.0833. The number of sulfone groups is 1. The van der Waals surface area contributed by atoms with Crippen LogP contribution in [0, 0.1) is 0 Å². The fourth-order valence-corrected chi connectivity index (χ4v) is 2.33. The highest BCUT2D eigenvalue weighted by Crippen LogP contribution is 2.28. The van der Waals surface area contributed by atoms with E-state index in [9.17, 15) is 18.0 Å². The van der Waals surface area contributed by atoms with Crippen molar-refractivity contribution in [2.24, 2.45) is 0 Å². The van der Waals surface area contributed by atoms with Gasteiger partial charge in [-0.2, -0.15) is 0 Å². The van der Waals surface area contributed by atoms with Crippen LogP contribution in [0.2, 0.25) is 0 Å². The minimum Gasteiger partial charge on any atom is -0.478 e. The van der Waals surface area contributed by atoms with E-state index >= 15 is 0 Å². The standard InChI is InChI=1S/C12H10N2O6S/c1-21(18,19)9-6-7(12(16)17)2-3-8(9)20-11-5-4-10(15)13-14-11/h2-6H,1H3,(H,13,15)(H,16,17). The zero-order valence-corrected chi connectivity index (χ0v) is 11.5. The number of nitrogens with zero attached hydrogens (tertiary/aromatic N) is 1. The van der Waals surface area contributed by atoms with Crippen molar-refractivity contribution in [2.75, 3.05) is 6.26 Å². The van der Waals surface area contributed by atoms with Gasteiger partial charge in [0, 0.05) is 18.4 Å². The summed E-state index contributed by atoms with van der Waals surface area (Å²) in [6.45, 7) is 0. The molecule has 2 N–H and O–H groups in total. The van der Waals surface area contributed by atoms with Crippen LogP contribution in [-0.2, 0) is 9.84 Å². The number of carbonyl (C=O) groups is 1. The Morgan fingerprint density at radius 2 is 2.00 bits per heavy atom. The van der Waals surface area contributed by atoms with Crippen molar-refractivity contribution >= 4 is 15.8 Å². The molecule has 0 aliphatic heterocycles. The Morgan fingerprint density at radius 3 is 2.52 bits per heavy atom. The van der Waals surface area contributed by atoms with Crippen molar-refractivity contribution in [1.29, 1.82) is 0 Å². The van der Waals surface area contributed by atoms with E-state index in [4.69, 9.17) is 9.84 Å². The Kier molecular flexibility index (Phi) is 3.76. The van der Waals surface area contributed by atoms with E-state index in [-0.39, 0.29) is 22.1 Å². The van der Waals surface area contributed by atoms with Crippen LogP contribution in [0.5, 0.6) is 11.6 Å². The van der Waals surface area contributed by atoms with Crippen LogP contribution >= 0.6 is 0 Å². The average molecular weight is 310 g/mol. The Balaban J connectivity index is 2.50. The zero-order chi connectivity index (χ0) is 15.6. The second-order valence-corrected chi connectivity index (χ2v) is 6.08. The van der Waals surface area contributed by atoms with Crippen LogP contribution in [0.3, 0.4) is 0 Å². The highest BCUT2D eigenvalue weighted by Gasteiger charge is 2.18. The molecule has 0 amide bonds. The molecule has 0 spiro atoms. The van der Waals surface area contributed by atoms with Gasteiger partial charge in [-0.05, 0) is 18.2 Å². The molecule has 0 aliphatic rings. The van der Waals surface area contributed by atoms with Gasteiger partial charge in [0.15, 0.2) is 9.84 Å². The molecule has 0 saturated carbocycles. The number of aromatic nitrogens is 2. The van der Waals surface area contributed by atoms with E-state index < -0.39 is 21.4 Å². The van der Waals surface area contributed by atoms with E-state index in [1.54, 1.807) is 0 Å². The van der Waals surface area contributed by atoms with Gasteiger partial charge < -0.3 is 9.84 Å². The quantitative estimate of drug-likeness (QED) is 0.849. The van der Waals surface area contributed by atoms with Crippen molar-refractivity contribution in [2.45, 2.75) is 4.90 Å². The molecule has 1 heterocycles. The van der Waals surface area contributed by atoms with Crippen molar-refractivity contribution in [1.82, 2.24) is 10.2 Å². The number of hydrogen-bond donors (Lipinski definition) is 2. The van der Waals surface area contributed by atoms with Gasteiger partial charge in [-0.25, -0.2) is 18.3 Å². The van der Waals surface area contributed by atoms with Gasteiger partial charge in [-0.3, -0.25) is 4.79 Å². The van der Waals surface area contributed by atoms with E-state index in [0.717, 1.165) is 18.4 Å². The highest BCUT2D eigenvalue weighted by atomic mass is 32.2. The molecule has 1 aromatic heterocycles. The predicted octanol–water partition coefficient (Wildman–Crippen LogP) is 0.664. The predicted molar refractivity (Wildman–Crippen MR) is 71.4 cm³/mol. The summed E-state index contributed by atoms with van der Waals surface area (Å²) >= 11 is 0. The molecule has 1 aromatic carbocycles. The second-order valence-electron chi connectivity index (χ2n) is 4.10. The van der Waals surface area contributed by atoms with Crippen LogP contribution in [-0.4, -0.2) is 35.9 Å². The summed E-state index contributed by atoms with van der Waals surface area (Å²) in [6.07, 6.45) is 0.932. The van der Waals surface area contributed by atoms with Gasteiger partial charge in [0.1, 0.15) is 10.6 Å². The first-order valence-electron chi connectivity index (χ1n) is 5.58. The Hall–Kier alpha value is -2.68. The third-order valence-corrected chi connectivity index (χ3v) is 3.58. The average Bonchev–Trinajstić information content (AvgIpc) is 2.40. The molecule has 8 nitrogen and oxygen atoms in total. The van der Waals surface area contributed by atoms with E-state index in [0.29, 0.717) is 0 Å². The summed E-state index contributed by atoms with van der Waals surface area (Å²) in [7, 11) is -3.71. The van der Waals surface area contributed by atoms with E-state index in [2.05, 4.69) is 10.2 Å². The number of benzene rings is 1. The highest BCUT2D eigenvalue weighted by molar-refractivity contribution is 7.90.